The van der Waals surface area contributed by atoms with Crippen molar-refractivity contribution in [1.29, 1.82) is 5.26 Å². The first-order valence-corrected chi connectivity index (χ1v) is 6.27. The van der Waals surface area contributed by atoms with Gasteiger partial charge in [0.1, 0.15) is 6.07 Å². The Morgan fingerprint density at radius 1 is 1.44 bits per heavy atom. The first-order chi connectivity index (χ1) is 8.38. The van der Waals surface area contributed by atoms with E-state index in [1.807, 2.05) is 26.8 Å². The highest BCUT2D eigenvalue weighted by Gasteiger charge is 2.39. The van der Waals surface area contributed by atoms with Gasteiger partial charge in [0.25, 0.3) is 0 Å². The summed E-state index contributed by atoms with van der Waals surface area (Å²) in [4.78, 5) is 14.0. The first kappa shape index (κ1) is 12.9. The van der Waals surface area contributed by atoms with Gasteiger partial charge in [-0.2, -0.15) is 5.26 Å². The summed E-state index contributed by atoms with van der Waals surface area (Å²) in [7, 11) is 0. The summed E-state index contributed by atoms with van der Waals surface area (Å²) in [5, 5.41) is 9.36. The summed E-state index contributed by atoms with van der Waals surface area (Å²) in [5.74, 6) is 0.117. The molecule has 0 unspecified atom stereocenters. The third kappa shape index (κ3) is 1.87. The van der Waals surface area contributed by atoms with E-state index in [-0.39, 0.29) is 11.3 Å². The van der Waals surface area contributed by atoms with Crippen molar-refractivity contribution in [2.45, 2.75) is 27.2 Å². The molecule has 1 saturated heterocycles. The minimum atomic E-state index is -0.313. The zero-order valence-corrected chi connectivity index (χ0v) is 11.5. The van der Waals surface area contributed by atoms with Crippen LogP contribution >= 0.6 is 11.6 Å². The number of halogens is 1. The SMILES string of the molecule is Cc1c(N2CCC(C)(C)C2=O)ccc(C#N)c1Cl. The van der Waals surface area contributed by atoms with Gasteiger partial charge in [-0.1, -0.05) is 25.4 Å². The van der Waals surface area contributed by atoms with E-state index in [4.69, 9.17) is 16.9 Å². The van der Waals surface area contributed by atoms with Crippen LogP contribution in [0, 0.1) is 23.7 Å². The van der Waals surface area contributed by atoms with E-state index in [1.165, 1.54) is 0 Å². The van der Waals surface area contributed by atoms with Crippen LogP contribution in [0.15, 0.2) is 12.1 Å². The number of nitriles is 1. The fourth-order valence-corrected chi connectivity index (χ4v) is 2.45. The largest absolute Gasteiger partial charge is 0.312 e. The second-order valence-electron chi connectivity index (χ2n) is 5.27. The van der Waals surface area contributed by atoms with Gasteiger partial charge in [-0.25, -0.2) is 0 Å². The third-order valence-corrected chi connectivity index (χ3v) is 4.04. The Balaban J connectivity index is 2.46. The monoisotopic (exact) mass is 262 g/mol. The van der Waals surface area contributed by atoms with Crippen molar-refractivity contribution in [1.82, 2.24) is 0 Å². The number of carbonyl (C=O) groups is 1. The Labute approximate surface area is 112 Å². The van der Waals surface area contributed by atoms with Crippen LogP contribution in [-0.4, -0.2) is 12.5 Å². The average Bonchev–Trinajstić information content (AvgIpc) is 2.59. The van der Waals surface area contributed by atoms with Crippen molar-refractivity contribution in [2.24, 2.45) is 5.41 Å². The summed E-state index contributed by atoms with van der Waals surface area (Å²) in [6.07, 6.45) is 0.836. The van der Waals surface area contributed by atoms with Gasteiger partial charge in [0.2, 0.25) is 5.91 Å². The van der Waals surface area contributed by atoms with E-state index in [0.717, 1.165) is 17.7 Å². The number of nitrogens with zero attached hydrogens (tertiary/aromatic N) is 2. The molecule has 0 saturated carbocycles. The molecular formula is C14H15ClN2O. The van der Waals surface area contributed by atoms with E-state index in [0.29, 0.717) is 17.1 Å². The maximum Gasteiger partial charge on any atom is 0.232 e. The fourth-order valence-electron chi connectivity index (χ4n) is 2.25. The molecule has 1 amide bonds. The molecule has 3 nitrogen and oxygen atoms in total. The Hall–Kier alpha value is -1.53. The molecule has 1 fully saturated rings. The molecule has 1 aromatic carbocycles. The van der Waals surface area contributed by atoms with Gasteiger partial charge in [0.05, 0.1) is 10.6 Å². The summed E-state index contributed by atoms with van der Waals surface area (Å²) in [6.45, 7) is 6.46. The molecule has 4 heteroatoms. The van der Waals surface area contributed by atoms with Crippen molar-refractivity contribution < 1.29 is 4.79 Å². The van der Waals surface area contributed by atoms with Crippen molar-refractivity contribution in [3.8, 4) is 6.07 Å². The molecular weight excluding hydrogens is 248 g/mol. The second-order valence-corrected chi connectivity index (χ2v) is 5.65. The Morgan fingerprint density at radius 2 is 2.11 bits per heavy atom. The minimum Gasteiger partial charge on any atom is -0.312 e. The number of benzene rings is 1. The zero-order chi connectivity index (χ0) is 13.5. The highest BCUT2D eigenvalue weighted by atomic mass is 35.5. The number of anilines is 1. The van der Waals surface area contributed by atoms with E-state index >= 15 is 0 Å². The molecule has 1 aromatic rings. The van der Waals surface area contributed by atoms with E-state index in [2.05, 4.69) is 0 Å². The van der Waals surface area contributed by atoms with Crippen molar-refractivity contribution in [3.63, 3.8) is 0 Å². The Morgan fingerprint density at radius 3 is 2.61 bits per heavy atom. The normalized spacial score (nSPS) is 17.9. The summed E-state index contributed by atoms with van der Waals surface area (Å²) in [6, 6.07) is 5.52. The van der Waals surface area contributed by atoms with Gasteiger partial charge in [-0.15, -0.1) is 0 Å². The quantitative estimate of drug-likeness (QED) is 0.780. The average molecular weight is 263 g/mol. The molecule has 0 N–H and O–H groups in total. The number of hydrogen-bond donors (Lipinski definition) is 0. The molecule has 0 atom stereocenters. The van der Waals surface area contributed by atoms with Gasteiger partial charge in [0.15, 0.2) is 0 Å². The molecule has 0 aromatic heterocycles. The lowest BCUT2D eigenvalue weighted by Crippen LogP contribution is -2.31. The fraction of sp³-hybridized carbons (Fsp3) is 0.429. The maximum atomic E-state index is 12.3. The van der Waals surface area contributed by atoms with Gasteiger partial charge in [0, 0.05) is 17.6 Å². The summed E-state index contributed by atoms with van der Waals surface area (Å²) >= 11 is 6.14. The van der Waals surface area contributed by atoms with Gasteiger partial charge in [-0.3, -0.25) is 4.79 Å². The van der Waals surface area contributed by atoms with Gasteiger partial charge >= 0.3 is 0 Å². The van der Waals surface area contributed by atoms with Crippen LogP contribution in [0.5, 0.6) is 0 Å². The predicted octanol–water partition coefficient (Wildman–Crippen LogP) is 3.28. The topological polar surface area (TPSA) is 44.1 Å². The highest BCUT2D eigenvalue weighted by Crippen LogP contribution is 2.37. The van der Waals surface area contributed by atoms with E-state index in [9.17, 15) is 4.79 Å². The molecule has 0 radical (unpaired) electrons. The van der Waals surface area contributed by atoms with Crippen LogP contribution in [0.25, 0.3) is 0 Å². The Kier molecular flexibility index (Phi) is 3.08. The number of carbonyl (C=O) groups excluding carboxylic acids is 1. The number of amides is 1. The molecule has 1 heterocycles. The van der Waals surface area contributed by atoms with Crippen LogP contribution in [0.1, 0.15) is 31.4 Å². The molecule has 94 valence electrons. The third-order valence-electron chi connectivity index (χ3n) is 3.55. The van der Waals surface area contributed by atoms with Gasteiger partial charge in [-0.05, 0) is 31.0 Å². The van der Waals surface area contributed by atoms with Crippen molar-refractivity contribution in [3.05, 3.63) is 28.3 Å². The van der Waals surface area contributed by atoms with Crippen LogP contribution in [0.4, 0.5) is 5.69 Å². The lowest BCUT2D eigenvalue weighted by molar-refractivity contribution is -0.123. The standard InChI is InChI=1S/C14H15ClN2O/c1-9-11(5-4-10(8-16)12(9)15)17-7-6-14(2,3)13(17)18/h4-5H,6-7H2,1-3H3. The molecule has 1 aliphatic heterocycles. The van der Waals surface area contributed by atoms with Crippen molar-refractivity contribution in [2.75, 3.05) is 11.4 Å². The molecule has 2 rings (SSSR count). The molecule has 18 heavy (non-hydrogen) atoms. The summed E-state index contributed by atoms with van der Waals surface area (Å²) in [5.41, 5.74) is 1.74. The minimum absolute atomic E-state index is 0.117. The van der Waals surface area contributed by atoms with E-state index < -0.39 is 0 Å². The second kappa shape index (κ2) is 4.29. The van der Waals surface area contributed by atoms with Crippen LogP contribution in [0.3, 0.4) is 0 Å². The number of rotatable bonds is 1. The lowest BCUT2D eigenvalue weighted by atomic mass is 9.92. The molecule has 0 aliphatic carbocycles. The number of hydrogen-bond acceptors (Lipinski definition) is 2. The first-order valence-electron chi connectivity index (χ1n) is 5.89. The molecule has 0 bridgehead atoms. The summed E-state index contributed by atoms with van der Waals surface area (Å²) < 4.78 is 0. The van der Waals surface area contributed by atoms with Crippen molar-refractivity contribution >= 4 is 23.2 Å². The van der Waals surface area contributed by atoms with E-state index in [1.54, 1.807) is 17.0 Å². The Bertz CT molecular complexity index is 558. The maximum absolute atomic E-state index is 12.3. The van der Waals surface area contributed by atoms with Crippen LogP contribution < -0.4 is 4.90 Å². The van der Waals surface area contributed by atoms with Crippen LogP contribution in [0.2, 0.25) is 5.02 Å². The molecule has 0 spiro atoms. The highest BCUT2D eigenvalue weighted by molar-refractivity contribution is 6.33. The molecule has 1 aliphatic rings. The van der Waals surface area contributed by atoms with Crippen LogP contribution in [-0.2, 0) is 4.79 Å². The zero-order valence-electron chi connectivity index (χ0n) is 10.7. The lowest BCUT2D eigenvalue weighted by Gasteiger charge is -2.22. The predicted molar refractivity (Wildman–Crippen MR) is 71.7 cm³/mol. The smallest absolute Gasteiger partial charge is 0.232 e. The van der Waals surface area contributed by atoms with Gasteiger partial charge < -0.3 is 4.90 Å².